The number of benzene rings is 3. The van der Waals surface area contributed by atoms with Crippen LogP contribution in [0, 0.1) is 0 Å². The number of nitrogens with zero attached hydrogens (tertiary/aromatic N) is 1. The molecule has 0 aliphatic rings. The number of rotatable bonds is 12. The molecule has 2 amide bonds. The predicted molar refractivity (Wildman–Crippen MR) is 143 cm³/mol. The number of carbonyl (C=O) groups excluding carboxylic acids is 2. The Balaban J connectivity index is 1.86. The molecule has 3 aromatic carbocycles. The van der Waals surface area contributed by atoms with Gasteiger partial charge in [0.25, 0.3) is 0 Å². The lowest BCUT2D eigenvalue weighted by molar-refractivity contribution is -0.141. The minimum Gasteiger partial charge on any atom is -0.352 e. The van der Waals surface area contributed by atoms with Crippen molar-refractivity contribution in [3.63, 3.8) is 0 Å². The standard InChI is InChI=1S/C31H38N2O2/c1-4-24(3)32-31(35)29(22-27-12-8-6-9-13-27)33(23-28-14-10-7-11-15-28)30(34)21-20-26-18-16-25(5-2)17-19-26/h6-19,24,29H,4-5,20-23H2,1-3H3,(H,32,35)/t24-,29+/m0/s1. The van der Waals surface area contributed by atoms with Crippen LogP contribution in [0.4, 0.5) is 0 Å². The van der Waals surface area contributed by atoms with E-state index in [0.29, 0.717) is 25.8 Å². The van der Waals surface area contributed by atoms with Crippen molar-refractivity contribution in [1.82, 2.24) is 10.2 Å². The Kier molecular flexibility index (Phi) is 10.1. The van der Waals surface area contributed by atoms with Crippen LogP contribution in [0.5, 0.6) is 0 Å². The van der Waals surface area contributed by atoms with Gasteiger partial charge in [0, 0.05) is 25.4 Å². The third-order valence-electron chi connectivity index (χ3n) is 6.53. The topological polar surface area (TPSA) is 49.4 Å². The van der Waals surface area contributed by atoms with Gasteiger partial charge in [-0.3, -0.25) is 9.59 Å². The molecule has 0 saturated heterocycles. The number of carbonyl (C=O) groups is 2. The van der Waals surface area contributed by atoms with Crippen LogP contribution in [-0.2, 0) is 35.4 Å². The summed E-state index contributed by atoms with van der Waals surface area (Å²) < 4.78 is 0. The minimum absolute atomic E-state index is 0.00588. The van der Waals surface area contributed by atoms with E-state index in [1.165, 1.54) is 5.56 Å². The van der Waals surface area contributed by atoms with Crippen molar-refractivity contribution >= 4 is 11.8 Å². The molecule has 184 valence electrons. The Labute approximate surface area is 210 Å². The van der Waals surface area contributed by atoms with Gasteiger partial charge in [-0.25, -0.2) is 0 Å². The maximum atomic E-state index is 13.7. The second-order valence-electron chi connectivity index (χ2n) is 9.20. The molecule has 2 atom stereocenters. The van der Waals surface area contributed by atoms with E-state index in [-0.39, 0.29) is 17.9 Å². The first-order chi connectivity index (χ1) is 17.0. The maximum Gasteiger partial charge on any atom is 0.243 e. The maximum absolute atomic E-state index is 13.7. The highest BCUT2D eigenvalue weighted by Gasteiger charge is 2.30. The molecule has 0 unspecified atom stereocenters. The molecular weight excluding hydrogens is 432 g/mol. The highest BCUT2D eigenvalue weighted by Crippen LogP contribution is 2.17. The largest absolute Gasteiger partial charge is 0.352 e. The molecule has 4 nitrogen and oxygen atoms in total. The summed E-state index contributed by atoms with van der Waals surface area (Å²) >= 11 is 0. The van der Waals surface area contributed by atoms with E-state index >= 15 is 0 Å². The summed E-state index contributed by atoms with van der Waals surface area (Å²) in [5.74, 6) is -0.103. The molecule has 3 rings (SSSR count). The average Bonchev–Trinajstić information content (AvgIpc) is 2.90. The molecule has 0 saturated carbocycles. The van der Waals surface area contributed by atoms with Gasteiger partial charge in [-0.2, -0.15) is 0 Å². The van der Waals surface area contributed by atoms with Gasteiger partial charge in [-0.05, 0) is 48.4 Å². The Bertz CT molecular complexity index is 1050. The number of nitrogens with one attached hydrogen (secondary N) is 1. The lowest BCUT2D eigenvalue weighted by Gasteiger charge is -2.32. The van der Waals surface area contributed by atoms with Gasteiger partial charge in [0.05, 0.1) is 0 Å². The molecule has 0 aromatic heterocycles. The molecular formula is C31H38N2O2. The Morgan fingerprint density at radius 2 is 1.34 bits per heavy atom. The molecule has 35 heavy (non-hydrogen) atoms. The van der Waals surface area contributed by atoms with Crippen molar-refractivity contribution < 1.29 is 9.59 Å². The first-order valence-corrected chi connectivity index (χ1v) is 12.8. The van der Waals surface area contributed by atoms with Crippen LogP contribution < -0.4 is 5.32 Å². The zero-order chi connectivity index (χ0) is 25.0. The fraction of sp³-hybridized carbons (Fsp3) is 0.355. The molecule has 0 radical (unpaired) electrons. The van der Waals surface area contributed by atoms with E-state index in [1.54, 1.807) is 4.90 Å². The van der Waals surface area contributed by atoms with Crippen LogP contribution in [0.25, 0.3) is 0 Å². The van der Waals surface area contributed by atoms with E-state index in [1.807, 2.05) is 74.5 Å². The Hall–Kier alpha value is -3.40. The van der Waals surface area contributed by atoms with Crippen molar-refractivity contribution in [3.05, 3.63) is 107 Å². The van der Waals surface area contributed by atoms with Gasteiger partial charge in [0.1, 0.15) is 6.04 Å². The van der Waals surface area contributed by atoms with Crippen LogP contribution in [0.3, 0.4) is 0 Å². The monoisotopic (exact) mass is 470 g/mol. The van der Waals surface area contributed by atoms with Crippen molar-refractivity contribution in [2.75, 3.05) is 0 Å². The molecule has 3 aromatic rings. The van der Waals surface area contributed by atoms with E-state index in [4.69, 9.17) is 0 Å². The van der Waals surface area contributed by atoms with Crippen molar-refractivity contribution in [2.24, 2.45) is 0 Å². The van der Waals surface area contributed by atoms with Gasteiger partial charge in [-0.15, -0.1) is 0 Å². The lowest BCUT2D eigenvalue weighted by atomic mass is 10.0. The Morgan fingerprint density at radius 1 is 0.771 bits per heavy atom. The van der Waals surface area contributed by atoms with Crippen LogP contribution in [-0.4, -0.2) is 28.8 Å². The number of hydrogen-bond donors (Lipinski definition) is 1. The van der Waals surface area contributed by atoms with Gasteiger partial charge in [-0.1, -0.05) is 98.8 Å². The zero-order valence-electron chi connectivity index (χ0n) is 21.2. The summed E-state index contributed by atoms with van der Waals surface area (Å²) in [7, 11) is 0. The molecule has 0 spiro atoms. The smallest absolute Gasteiger partial charge is 0.243 e. The van der Waals surface area contributed by atoms with Gasteiger partial charge >= 0.3 is 0 Å². The summed E-state index contributed by atoms with van der Waals surface area (Å²) in [6.45, 7) is 6.59. The summed E-state index contributed by atoms with van der Waals surface area (Å²) in [4.78, 5) is 29.0. The highest BCUT2D eigenvalue weighted by atomic mass is 16.2. The Morgan fingerprint density at radius 3 is 1.91 bits per heavy atom. The second kappa shape index (κ2) is 13.5. The molecule has 4 heteroatoms. The van der Waals surface area contributed by atoms with Gasteiger partial charge in [0.2, 0.25) is 11.8 Å². The van der Waals surface area contributed by atoms with Gasteiger partial charge in [0.15, 0.2) is 0 Å². The summed E-state index contributed by atoms with van der Waals surface area (Å²) in [6, 6.07) is 27.8. The van der Waals surface area contributed by atoms with Crippen LogP contribution in [0.1, 0.15) is 55.9 Å². The molecule has 0 aliphatic heterocycles. The summed E-state index contributed by atoms with van der Waals surface area (Å²) in [5, 5.41) is 3.12. The fourth-order valence-corrected chi connectivity index (χ4v) is 4.11. The van der Waals surface area contributed by atoms with E-state index < -0.39 is 6.04 Å². The third kappa shape index (κ3) is 8.10. The van der Waals surface area contributed by atoms with Crippen LogP contribution >= 0.6 is 0 Å². The van der Waals surface area contributed by atoms with E-state index in [0.717, 1.165) is 29.5 Å². The first-order valence-electron chi connectivity index (χ1n) is 12.8. The molecule has 1 N–H and O–H groups in total. The van der Waals surface area contributed by atoms with Crippen molar-refractivity contribution in [1.29, 1.82) is 0 Å². The van der Waals surface area contributed by atoms with E-state index in [2.05, 4.69) is 36.5 Å². The number of hydrogen-bond acceptors (Lipinski definition) is 2. The highest BCUT2D eigenvalue weighted by molar-refractivity contribution is 5.88. The molecule has 0 bridgehead atoms. The average molecular weight is 471 g/mol. The number of amides is 2. The number of aryl methyl sites for hydroxylation is 2. The lowest BCUT2D eigenvalue weighted by Crippen LogP contribution is -2.52. The summed E-state index contributed by atoms with van der Waals surface area (Å²) in [5.41, 5.74) is 4.48. The zero-order valence-corrected chi connectivity index (χ0v) is 21.2. The normalized spacial score (nSPS) is 12.5. The van der Waals surface area contributed by atoms with Crippen molar-refractivity contribution in [2.45, 2.75) is 71.5 Å². The first kappa shape index (κ1) is 26.2. The SMILES string of the molecule is CCc1ccc(CCC(=O)N(Cc2ccccc2)[C@H](Cc2ccccc2)C(=O)N[C@@H](C)CC)cc1. The van der Waals surface area contributed by atoms with Crippen molar-refractivity contribution in [3.8, 4) is 0 Å². The predicted octanol–water partition coefficient (Wildman–Crippen LogP) is 5.74. The summed E-state index contributed by atoms with van der Waals surface area (Å²) in [6.07, 6.45) is 3.33. The third-order valence-corrected chi connectivity index (χ3v) is 6.53. The van der Waals surface area contributed by atoms with Crippen LogP contribution in [0.2, 0.25) is 0 Å². The minimum atomic E-state index is -0.582. The second-order valence-corrected chi connectivity index (χ2v) is 9.20. The van der Waals surface area contributed by atoms with E-state index in [9.17, 15) is 9.59 Å². The van der Waals surface area contributed by atoms with Crippen LogP contribution in [0.15, 0.2) is 84.9 Å². The molecule has 0 heterocycles. The van der Waals surface area contributed by atoms with Gasteiger partial charge < -0.3 is 10.2 Å². The quantitative estimate of drug-likeness (QED) is 0.367. The fourth-order valence-electron chi connectivity index (χ4n) is 4.11. The molecule has 0 fully saturated rings. The molecule has 0 aliphatic carbocycles.